The number of carbonyl (C=O) groups is 2. The Morgan fingerprint density at radius 3 is 2.56 bits per heavy atom. The van der Waals surface area contributed by atoms with Crippen molar-refractivity contribution >= 4 is 17.5 Å². The van der Waals surface area contributed by atoms with Crippen LogP contribution in [-0.2, 0) is 9.53 Å². The molecule has 2 aliphatic heterocycles. The minimum atomic E-state index is -0.526. The molecule has 0 saturated carbocycles. The summed E-state index contributed by atoms with van der Waals surface area (Å²) in [5.41, 5.74) is 1.93. The molecule has 5 rings (SSSR count). The molecule has 39 heavy (non-hydrogen) atoms. The van der Waals surface area contributed by atoms with Crippen LogP contribution in [0, 0.1) is 5.82 Å². The van der Waals surface area contributed by atoms with E-state index in [-0.39, 0.29) is 38.8 Å². The lowest BCUT2D eigenvalue weighted by molar-refractivity contribution is -0.133. The van der Waals surface area contributed by atoms with Gasteiger partial charge in [-0.15, -0.1) is 0 Å². The summed E-state index contributed by atoms with van der Waals surface area (Å²) in [4.78, 5) is 28.5. The molecule has 0 aliphatic carbocycles. The van der Waals surface area contributed by atoms with E-state index in [0.717, 1.165) is 5.56 Å². The molecule has 1 atom stereocenters. The van der Waals surface area contributed by atoms with Crippen LogP contribution in [0.3, 0.4) is 0 Å². The average Bonchev–Trinajstić information content (AvgIpc) is 3.62. The summed E-state index contributed by atoms with van der Waals surface area (Å²) in [5, 5.41) is 5.89. The molecular formula is C29H28FN3O6. The van der Waals surface area contributed by atoms with Gasteiger partial charge in [0.05, 0.1) is 25.5 Å². The maximum atomic E-state index is 14.7. The van der Waals surface area contributed by atoms with Gasteiger partial charge < -0.3 is 23.8 Å². The van der Waals surface area contributed by atoms with Crippen molar-refractivity contribution in [3.05, 3.63) is 89.2 Å². The summed E-state index contributed by atoms with van der Waals surface area (Å²) in [5.74, 6) is 0.620. The van der Waals surface area contributed by atoms with Crippen LogP contribution in [0.2, 0.25) is 0 Å². The molecule has 202 valence electrons. The molecule has 2 aliphatic rings. The molecule has 1 unspecified atom stereocenters. The number of methoxy groups -OCH3 is 2. The predicted molar refractivity (Wildman–Crippen MR) is 140 cm³/mol. The molecule has 3 aromatic carbocycles. The molecular weight excluding hydrogens is 505 g/mol. The first-order chi connectivity index (χ1) is 19.0. The number of benzene rings is 3. The summed E-state index contributed by atoms with van der Waals surface area (Å²) >= 11 is 0. The quantitative estimate of drug-likeness (QED) is 0.413. The van der Waals surface area contributed by atoms with Gasteiger partial charge in [-0.05, 0) is 48.0 Å². The van der Waals surface area contributed by atoms with Crippen LogP contribution in [0.1, 0.15) is 33.9 Å². The molecule has 0 bridgehead atoms. The minimum absolute atomic E-state index is 0.116. The zero-order valence-electron chi connectivity index (χ0n) is 21.6. The highest BCUT2D eigenvalue weighted by Crippen LogP contribution is 2.39. The molecule has 10 heteroatoms. The van der Waals surface area contributed by atoms with Gasteiger partial charge in [0.25, 0.3) is 11.8 Å². The van der Waals surface area contributed by atoms with Crippen molar-refractivity contribution in [3.8, 4) is 17.2 Å². The number of nitrogens with zero attached hydrogens (tertiary/aromatic N) is 3. The maximum absolute atomic E-state index is 14.7. The third-order valence-corrected chi connectivity index (χ3v) is 6.65. The van der Waals surface area contributed by atoms with Crippen molar-refractivity contribution in [1.29, 1.82) is 0 Å². The van der Waals surface area contributed by atoms with Crippen molar-refractivity contribution in [2.75, 3.05) is 40.7 Å². The third-order valence-electron chi connectivity index (χ3n) is 6.65. The summed E-state index contributed by atoms with van der Waals surface area (Å²) in [7, 11) is 3.07. The van der Waals surface area contributed by atoms with E-state index in [9.17, 15) is 14.0 Å². The summed E-state index contributed by atoms with van der Waals surface area (Å²) < 4.78 is 36.0. The van der Waals surface area contributed by atoms with E-state index in [1.54, 1.807) is 61.7 Å². The Kier molecular flexibility index (Phi) is 7.74. The van der Waals surface area contributed by atoms with E-state index in [4.69, 9.17) is 18.9 Å². The van der Waals surface area contributed by atoms with Gasteiger partial charge in [-0.2, -0.15) is 5.10 Å². The Labute approximate surface area is 225 Å². The van der Waals surface area contributed by atoms with Crippen LogP contribution in [0.15, 0.2) is 71.8 Å². The summed E-state index contributed by atoms with van der Waals surface area (Å²) in [6.45, 7) is 0.304. The number of hydrazone groups is 1. The van der Waals surface area contributed by atoms with Crippen molar-refractivity contribution in [3.63, 3.8) is 0 Å². The van der Waals surface area contributed by atoms with E-state index in [1.165, 1.54) is 23.1 Å². The fourth-order valence-corrected chi connectivity index (χ4v) is 4.58. The number of halogens is 1. The Morgan fingerprint density at radius 2 is 1.82 bits per heavy atom. The summed E-state index contributed by atoms with van der Waals surface area (Å²) in [6.07, 6.45) is 0.289. The van der Waals surface area contributed by atoms with E-state index in [2.05, 4.69) is 5.10 Å². The Bertz CT molecular complexity index is 1390. The molecule has 0 spiro atoms. The molecule has 0 aromatic heterocycles. The molecule has 3 aromatic rings. The van der Waals surface area contributed by atoms with Gasteiger partial charge in [-0.3, -0.25) is 9.59 Å². The lowest BCUT2D eigenvalue weighted by atomic mass is 9.97. The normalized spacial score (nSPS) is 15.7. The first-order valence-electron chi connectivity index (χ1n) is 12.4. The second kappa shape index (κ2) is 11.5. The fraction of sp³-hybridized carbons (Fsp3) is 0.276. The standard InChI is InChI=1S/C29H28FN3O6/c1-36-14-13-32(29(35)19-7-10-21(37-2)11-8-19)17-28(34)33-25(20-9-12-26-27(15-20)39-18-38-26)16-24(31-33)22-5-3-4-6-23(22)30/h3-12,15,25H,13-14,16-18H2,1-2H3. The highest BCUT2D eigenvalue weighted by atomic mass is 19.1. The largest absolute Gasteiger partial charge is 0.497 e. The second-order valence-corrected chi connectivity index (χ2v) is 9.05. The average molecular weight is 534 g/mol. The number of hydrogen-bond donors (Lipinski definition) is 0. The van der Waals surface area contributed by atoms with Crippen molar-refractivity contribution in [1.82, 2.24) is 9.91 Å². The maximum Gasteiger partial charge on any atom is 0.262 e. The fourth-order valence-electron chi connectivity index (χ4n) is 4.58. The van der Waals surface area contributed by atoms with E-state index >= 15 is 0 Å². The number of ether oxygens (including phenoxy) is 4. The first kappa shape index (κ1) is 26.2. The molecule has 0 saturated heterocycles. The minimum Gasteiger partial charge on any atom is -0.497 e. The van der Waals surface area contributed by atoms with Gasteiger partial charge >= 0.3 is 0 Å². The lowest BCUT2D eigenvalue weighted by Crippen LogP contribution is -2.42. The Morgan fingerprint density at radius 1 is 1.05 bits per heavy atom. The lowest BCUT2D eigenvalue weighted by Gasteiger charge is -2.27. The third kappa shape index (κ3) is 5.56. The monoisotopic (exact) mass is 533 g/mol. The predicted octanol–water partition coefficient (Wildman–Crippen LogP) is 4.03. The Hall–Kier alpha value is -4.44. The zero-order valence-corrected chi connectivity index (χ0v) is 21.6. The molecule has 2 heterocycles. The van der Waals surface area contributed by atoms with E-state index in [1.807, 2.05) is 6.07 Å². The van der Waals surface area contributed by atoms with E-state index in [0.29, 0.717) is 34.1 Å². The van der Waals surface area contributed by atoms with Crippen LogP contribution < -0.4 is 14.2 Å². The number of fused-ring (bicyclic) bond motifs is 1. The van der Waals surface area contributed by atoms with E-state index < -0.39 is 17.8 Å². The van der Waals surface area contributed by atoms with Crippen LogP contribution in [0.4, 0.5) is 4.39 Å². The van der Waals surface area contributed by atoms with Gasteiger partial charge in [-0.1, -0.05) is 24.3 Å². The molecule has 0 N–H and O–H groups in total. The molecule has 0 fully saturated rings. The second-order valence-electron chi connectivity index (χ2n) is 9.05. The van der Waals surface area contributed by atoms with Crippen LogP contribution in [0.25, 0.3) is 0 Å². The summed E-state index contributed by atoms with van der Waals surface area (Å²) in [6, 6.07) is 17.9. The van der Waals surface area contributed by atoms with Gasteiger partial charge in [0.2, 0.25) is 6.79 Å². The van der Waals surface area contributed by atoms with Crippen molar-refractivity contribution < 1.29 is 32.9 Å². The van der Waals surface area contributed by atoms with Crippen LogP contribution in [-0.4, -0.2) is 68.1 Å². The first-order valence-corrected chi connectivity index (χ1v) is 12.4. The highest BCUT2D eigenvalue weighted by molar-refractivity contribution is 6.04. The molecule has 0 radical (unpaired) electrons. The molecule has 2 amide bonds. The van der Waals surface area contributed by atoms with Crippen molar-refractivity contribution in [2.24, 2.45) is 5.10 Å². The number of hydrogen-bond acceptors (Lipinski definition) is 7. The van der Waals surface area contributed by atoms with Gasteiger partial charge in [0.15, 0.2) is 11.5 Å². The molecule has 9 nitrogen and oxygen atoms in total. The SMILES string of the molecule is COCCN(CC(=O)N1N=C(c2ccccc2F)CC1c1ccc2c(c1)OCO2)C(=O)c1ccc(OC)cc1. The number of carbonyl (C=O) groups excluding carboxylic acids is 2. The van der Waals surface area contributed by atoms with Gasteiger partial charge in [0, 0.05) is 31.2 Å². The van der Waals surface area contributed by atoms with Crippen LogP contribution in [0.5, 0.6) is 17.2 Å². The number of amides is 2. The Balaban J connectivity index is 1.44. The number of rotatable bonds is 9. The van der Waals surface area contributed by atoms with Gasteiger partial charge in [0.1, 0.15) is 18.1 Å². The zero-order chi connectivity index (χ0) is 27.4. The van der Waals surface area contributed by atoms with Gasteiger partial charge in [-0.25, -0.2) is 9.40 Å². The van der Waals surface area contributed by atoms with Crippen LogP contribution >= 0.6 is 0 Å². The highest BCUT2D eigenvalue weighted by Gasteiger charge is 2.36. The van der Waals surface area contributed by atoms with Crippen molar-refractivity contribution in [2.45, 2.75) is 12.5 Å². The smallest absolute Gasteiger partial charge is 0.262 e. The topological polar surface area (TPSA) is 89.9 Å².